The van der Waals surface area contributed by atoms with Crippen molar-refractivity contribution >= 4 is 22.6 Å². The van der Waals surface area contributed by atoms with Crippen molar-refractivity contribution in [2.45, 2.75) is 235 Å². The van der Waals surface area contributed by atoms with E-state index in [0.717, 1.165) is 5.57 Å². The Kier molecular flexibility index (Phi) is 14.2. The number of hydrogen-bond acceptors (Lipinski definition) is 12. The van der Waals surface area contributed by atoms with Crippen molar-refractivity contribution in [1.29, 1.82) is 0 Å². The zero-order valence-electron chi connectivity index (χ0n) is 39.9. The molecule has 1 saturated heterocycles. The highest BCUT2D eigenvalue weighted by Gasteiger charge is 2.76. The van der Waals surface area contributed by atoms with Crippen LogP contribution in [0, 0.1) is 28.6 Å². The van der Waals surface area contributed by atoms with Crippen molar-refractivity contribution in [2.75, 3.05) is 13.2 Å². The molecule has 15 atom stereocenters. The summed E-state index contributed by atoms with van der Waals surface area (Å²) in [6.07, 6.45) is -4.59. The molecule has 0 aromatic carbocycles. The van der Waals surface area contributed by atoms with Crippen molar-refractivity contribution in [3.05, 3.63) is 11.6 Å². The summed E-state index contributed by atoms with van der Waals surface area (Å²) in [5, 5.41) is 75.7. The lowest BCUT2D eigenvalue weighted by molar-refractivity contribution is -0.341. The van der Waals surface area contributed by atoms with Gasteiger partial charge in [0.1, 0.15) is 24.9 Å². The third-order valence-electron chi connectivity index (χ3n) is 18.2. The van der Waals surface area contributed by atoms with Gasteiger partial charge in [-0.15, -0.1) is 0 Å². The summed E-state index contributed by atoms with van der Waals surface area (Å²) < 4.78 is 32.6. The molecule has 0 unspecified atom stereocenters. The minimum atomic E-state index is -2.60. The third kappa shape index (κ3) is 7.56. The largest absolute Gasteiger partial charge is 0.458 e. The highest BCUT2D eigenvalue weighted by Crippen LogP contribution is 2.71. The lowest BCUT2D eigenvalue weighted by atomic mass is 9.40. The molecule has 6 N–H and O–H groups in total. The van der Waals surface area contributed by atoms with Gasteiger partial charge in [-0.05, 0) is 89.7 Å². The molecule has 0 aromatic heterocycles. The smallest absolute Gasteiger partial charge is 0.331 e. The molecule has 352 valence electrons. The average Bonchev–Trinajstić information content (AvgIpc) is 3.69. The van der Waals surface area contributed by atoms with E-state index in [1.807, 2.05) is 6.92 Å². The number of aliphatic hydroxyl groups excluding tert-OH is 4. The van der Waals surface area contributed by atoms with Crippen LogP contribution < -0.4 is 0 Å². The van der Waals surface area contributed by atoms with Gasteiger partial charge in [0.15, 0.2) is 14.6 Å². The standard InChI is InChI=1S/C47H84O12Si2/c1-25(2)60(26(3)4,27(5)6)56-24-46-37(49)20-33(58-43-41(52)42(40(51)31(13)57-43)59-61(28(7)8,29(9)10)30(11)12)21-45(46,53)17-15-35-39(46)36(48)22-44(14)34(16-18-47(35,44)54)32-19-38(50)55-23-32/h19,25-31,33-37,39-43,48-49,51-54H,15-18,20-24H2,1-14H3/t31-,33-,34+,35+,36+,37+,39+,40-,41+,42+,43-,44+,45-,46+,47-/m0/s1. The van der Waals surface area contributed by atoms with Crippen LogP contribution >= 0.6 is 0 Å². The van der Waals surface area contributed by atoms with Crippen molar-refractivity contribution < 1.29 is 58.5 Å². The number of carbonyl (C=O) groups excluding carboxylic acids is 1. The van der Waals surface area contributed by atoms with Crippen LogP contribution in [0.4, 0.5) is 0 Å². The molecule has 0 amide bonds. The minimum absolute atomic E-state index is 0.0219. The molecule has 5 fully saturated rings. The Morgan fingerprint density at radius 2 is 1.38 bits per heavy atom. The Balaban J connectivity index is 1.37. The normalized spacial score (nSPS) is 43.3. The summed E-state index contributed by atoms with van der Waals surface area (Å²) in [7, 11) is -5.16. The summed E-state index contributed by atoms with van der Waals surface area (Å²) in [5.74, 6) is -1.72. The SMILES string of the molecule is CC(C)[Si](OC[C@@]12[C@H]3[C@H](O)C[C@]4(C)[C@@H](C5=CC(=O)OC5)CC[C@]4(O)[C@@H]3CC[C@]1(O)C[C@@H](O[C@@H]1O[C@@H](C)[C@H](O)[C@@H](O[Si](C(C)C)(C(C)C)C(C)C)[C@H]1O)C[C@H]2O)(C(C)C)C(C)C. The summed E-state index contributed by atoms with van der Waals surface area (Å²) in [4.78, 5) is 12.2. The van der Waals surface area contributed by atoms with E-state index in [4.69, 9.17) is 23.1 Å². The third-order valence-corrected chi connectivity index (χ3v) is 30.4. The fourth-order valence-corrected chi connectivity index (χ4v) is 26.6. The van der Waals surface area contributed by atoms with E-state index >= 15 is 0 Å². The number of carbonyl (C=O) groups is 1. The predicted octanol–water partition coefficient (Wildman–Crippen LogP) is 6.88. The van der Waals surface area contributed by atoms with Crippen molar-refractivity contribution in [1.82, 2.24) is 0 Å². The quantitative estimate of drug-likeness (QED) is 0.0605. The van der Waals surface area contributed by atoms with Gasteiger partial charge in [-0.1, -0.05) is 90.0 Å². The molecular weight excluding hydrogens is 813 g/mol. The highest BCUT2D eigenvalue weighted by atomic mass is 28.4. The second-order valence-corrected chi connectivity index (χ2v) is 33.6. The number of hydrogen-bond donors (Lipinski definition) is 6. The first kappa shape index (κ1) is 49.7. The molecule has 61 heavy (non-hydrogen) atoms. The van der Waals surface area contributed by atoms with Gasteiger partial charge in [-0.2, -0.15) is 0 Å². The Hall–Kier alpha value is -0.756. The van der Waals surface area contributed by atoms with Crippen LogP contribution in [0.15, 0.2) is 11.6 Å². The molecule has 14 heteroatoms. The maximum absolute atomic E-state index is 13.4. The van der Waals surface area contributed by atoms with Crippen LogP contribution in [-0.4, -0.2) is 127 Å². The Labute approximate surface area is 368 Å². The first-order chi connectivity index (χ1) is 28.2. The number of esters is 1. The monoisotopic (exact) mass is 897 g/mol. The molecule has 4 aliphatic carbocycles. The van der Waals surface area contributed by atoms with Gasteiger partial charge in [-0.25, -0.2) is 4.79 Å². The van der Waals surface area contributed by atoms with E-state index < -0.39 is 99.5 Å². The summed E-state index contributed by atoms with van der Waals surface area (Å²) in [6.45, 7) is 30.2. The molecule has 0 spiro atoms. The van der Waals surface area contributed by atoms with Crippen LogP contribution in [0.2, 0.25) is 33.2 Å². The molecule has 0 aromatic rings. The van der Waals surface area contributed by atoms with Gasteiger partial charge >= 0.3 is 5.97 Å². The molecular formula is C47H84O12Si2. The second kappa shape index (κ2) is 17.5. The van der Waals surface area contributed by atoms with E-state index in [-0.39, 0.29) is 84.0 Å². The Morgan fingerprint density at radius 3 is 1.90 bits per heavy atom. The second-order valence-electron chi connectivity index (χ2n) is 22.7. The predicted molar refractivity (Wildman–Crippen MR) is 238 cm³/mol. The summed E-state index contributed by atoms with van der Waals surface area (Å²) in [5.41, 5.74) is -2.83. The molecule has 12 nitrogen and oxygen atoms in total. The van der Waals surface area contributed by atoms with Gasteiger partial charge in [0, 0.05) is 36.9 Å². The lowest BCUT2D eigenvalue weighted by Crippen LogP contribution is -2.76. The van der Waals surface area contributed by atoms with Crippen LogP contribution in [0.25, 0.3) is 0 Å². The molecule has 6 rings (SSSR count). The first-order valence-electron chi connectivity index (χ1n) is 23.9. The van der Waals surface area contributed by atoms with E-state index in [1.165, 1.54) is 0 Å². The zero-order valence-corrected chi connectivity index (χ0v) is 41.9. The van der Waals surface area contributed by atoms with E-state index in [0.29, 0.717) is 19.3 Å². The topological polar surface area (TPSA) is 185 Å². The Bertz CT molecular complexity index is 1560. The number of aliphatic hydroxyl groups is 6. The van der Waals surface area contributed by atoms with Gasteiger partial charge in [0.25, 0.3) is 0 Å². The van der Waals surface area contributed by atoms with Crippen molar-refractivity contribution in [2.24, 2.45) is 28.6 Å². The molecule has 2 aliphatic heterocycles. The molecule has 6 aliphatic rings. The van der Waals surface area contributed by atoms with Gasteiger partial charge in [-0.3, -0.25) is 0 Å². The maximum atomic E-state index is 13.4. The van der Waals surface area contributed by atoms with E-state index in [9.17, 15) is 35.4 Å². The van der Waals surface area contributed by atoms with Crippen LogP contribution in [0.3, 0.4) is 0 Å². The first-order valence-corrected chi connectivity index (χ1v) is 28.2. The number of rotatable bonds is 14. The van der Waals surface area contributed by atoms with Gasteiger partial charge in [0.05, 0.1) is 41.0 Å². The fourth-order valence-electron chi connectivity index (χ4n) is 15.6. The number of fused-ring (bicyclic) bond motifs is 5. The van der Waals surface area contributed by atoms with Crippen molar-refractivity contribution in [3.8, 4) is 0 Å². The maximum Gasteiger partial charge on any atom is 0.331 e. The summed E-state index contributed by atoms with van der Waals surface area (Å²) in [6, 6.07) is 0. The van der Waals surface area contributed by atoms with Crippen LogP contribution in [0.1, 0.15) is 142 Å². The molecule has 4 saturated carbocycles. The van der Waals surface area contributed by atoms with Gasteiger partial charge in [0.2, 0.25) is 8.32 Å². The van der Waals surface area contributed by atoms with Crippen molar-refractivity contribution in [3.63, 3.8) is 0 Å². The summed E-state index contributed by atoms with van der Waals surface area (Å²) >= 11 is 0. The number of ether oxygens (including phenoxy) is 3. The van der Waals surface area contributed by atoms with Crippen LogP contribution in [-0.2, 0) is 27.9 Å². The molecule has 0 bridgehead atoms. The van der Waals surface area contributed by atoms with Crippen LogP contribution in [0.5, 0.6) is 0 Å². The average molecular weight is 897 g/mol. The minimum Gasteiger partial charge on any atom is -0.458 e. The fraction of sp³-hybridized carbons (Fsp3) is 0.936. The van der Waals surface area contributed by atoms with E-state index in [2.05, 4.69) is 83.1 Å². The van der Waals surface area contributed by atoms with E-state index in [1.54, 1.807) is 13.0 Å². The molecule has 0 radical (unpaired) electrons. The highest BCUT2D eigenvalue weighted by molar-refractivity contribution is 6.78. The Morgan fingerprint density at radius 1 is 0.803 bits per heavy atom. The lowest BCUT2D eigenvalue weighted by Gasteiger charge is -2.69. The zero-order chi connectivity index (χ0) is 45.6. The van der Waals surface area contributed by atoms with Gasteiger partial charge < -0.3 is 53.7 Å². The number of cyclic esters (lactones) is 1. The molecule has 2 heterocycles.